The standard InChI is InChI=1S/C19H23FN2O3S/c1-5-22(19(26)21-15-8-6-14(20)7-9-15)12-13-10-16(23-2)18(25-4)17(11-13)24-3/h6-11H,5,12H2,1-4H3,(H,21,26). The van der Waals surface area contributed by atoms with Crippen LogP contribution in [0.5, 0.6) is 17.2 Å². The molecule has 2 aromatic carbocycles. The first-order chi connectivity index (χ1) is 12.5. The molecule has 0 atom stereocenters. The first-order valence-electron chi connectivity index (χ1n) is 8.12. The molecule has 140 valence electrons. The smallest absolute Gasteiger partial charge is 0.203 e. The molecule has 0 aliphatic rings. The van der Waals surface area contributed by atoms with Crippen LogP contribution in [0.4, 0.5) is 10.1 Å². The van der Waals surface area contributed by atoms with Gasteiger partial charge in [-0.25, -0.2) is 4.39 Å². The fourth-order valence-electron chi connectivity index (χ4n) is 2.51. The van der Waals surface area contributed by atoms with Gasteiger partial charge in [-0.3, -0.25) is 0 Å². The average molecular weight is 378 g/mol. The summed E-state index contributed by atoms with van der Waals surface area (Å²) in [5.74, 6) is 1.45. The number of halogens is 1. The van der Waals surface area contributed by atoms with E-state index in [1.165, 1.54) is 12.1 Å². The van der Waals surface area contributed by atoms with E-state index in [1.807, 2.05) is 24.0 Å². The number of thiocarbonyl (C=S) groups is 1. The van der Waals surface area contributed by atoms with Gasteiger partial charge in [-0.05, 0) is 61.1 Å². The Bertz CT molecular complexity index is 728. The van der Waals surface area contributed by atoms with Gasteiger partial charge in [-0.1, -0.05) is 0 Å². The largest absolute Gasteiger partial charge is 0.493 e. The topological polar surface area (TPSA) is 43.0 Å². The number of ether oxygens (including phenoxy) is 3. The van der Waals surface area contributed by atoms with Crippen molar-refractivity contribution in [3.05, 3.63) is 47.8 Å². The van der Waals surface area contributed by atoms with E-state index in [9.17, 15) is 4.39 Å². The summed E-state index contributed by atoms with van der Waals surface area (Å²) in [4.78, 5) is 1.99. The summed E-state index contributed by atoms with van der Waals surface area (Å²) in [6.07, 6.45) is 0. The Morgan fingerprint density at radius 1 is 1.04 bits per heavy atom. The molecule has 0 unspecified atom stereocenters. The van der Waals surface area contributed by atoms with Crippen LogP contribution in [0.2, 0.25) is 0 Å². The second-order valence-corrected chi connectivity index (χ2v) is 5.87. The third-order valence-corrected chi connectivity index (χ3v) is 4.22. The molecule has 0 aliphatic heterocycles. The van der Waals surface area contributed by atoms with Crippen LogP contribution in [0.1, 0.15) is 12.5 Å². The molecule has 0 aliphatic carbocycles. The maximum Gasteiger partial charge on any atom is 0.203 e. The zero-order chi connectivity index (χ0) is 19.1. The van der Waals surface area contributed by atoms with Crippen molar-refractivity contribution in [1.82, 2.24) is 4.90 Å². The van der Waals surface area contributed by atoms with Gasteiger partial charge in [0.15, 0.2) is 16.6 Å². The van der Waals surface area contributed by atoms with Gasteiger partial charge in [-0.15, -0.1) is 0 Å². The lowest BCUT2D eigenvalue weighted by molar-refractivity contribution is 0.322. The molecule has 0 amide bonds. The minimum absolute atomic E-state index is 0.286. The van der Waals surface area contributed by atoms with E-state index in [2.05, 4.69) is 5.32 Å². The third-order valence-electron chi connectivity index (χ3n) is 3.86. The maximum absolute atomic E-state index is 13.0. The highest BCUT2D eigenvalue weighted by molar-refractivity contribution is 7.80. The van der Waals surface area contributed by atoms with E-state index in [1.54, 1.807) is 33.5 Å². The van der Waals surface area contributed by atoms with E-state index < -0.39 is 0 Å². The molecule has 0 saturated heterocycles. The second kappa shape index (κ2) is 9.24. The van der Waals surface area contributed by atoms with E-state index in [4.69, 9.17) is 26.4 Å². The van der Waals surface area contributed by atoms with Crippen LogP contribution >= 0.6 is 12.2 Å². The summed E-state index contributed by atoms with van der Waals surface area (Å²) in [7, 11) is 4.74. The van der Waals surface area contributed by atoms with Gasteiger partial charge < -0.3 is 24.4 Å². The molecular formula is C19H23FN2O3S. The van der Waals surface area contributed by atoms with Crippen LogP contribution in [-0.2, 0) is 6.54 Å². The van der Waals surface area contributed by atoms with E-state index in [0.29, 0.717) is 35.5 Å². The molecule has 0 radical (unpaired) electrons. The minimum Gasteiger partial charge on any atom is -0.493 e. The van der Waals surface area contributed by atoms with Crippen molar-refractivity contribution in [3.63, 3.8) is 0 Å². The molecule has 1 N–H and O–H groups in total. The van der Waals surface area contributed by atoms with Gasteiger partial charge in [0.25, 0.3) is 0 Å². The Morgan fingerprint density at radius 3 is 2.08 bits per heavy atom. The Morgan fingerprint density at radius 2 is 1.62 bits per heavy atom. The van der Waals surface area contributed by atoms with Crippen molar-refractivity contribution in [2.24, 2.45) is 0 Å². The average Bonchev–Trinajstić information content (AvgIpc) is 2.66. The monoisotopic (exact) mass is 378 g/mol. The summed E-state index contributed by atoms with van der Waals surface area (Å²) in [6.45, 7) is 3.26. The van der Waals surface area contributed by atoms with Gasteiger partial charge in [0.1, 0.15) is 5.82 Å². The van der Waals surface area contributed by atoms with Crippen molar-refractivity contribution in [3.8, 4) is 17.2 Å². The lowest BCUT2D eigenvalue weighted by atomic mass is 10.1. The fraction of sp³-hybridized carbons (Fsp3) is 0.316. The highest BCUT2D eigenvalue weighted by Gasteiger charge is 2.16. The minimum atomic E-state index is -0.286. The van der Waals surface area contributed by atoms with Gasteiger partial charge in [0.05, 0.1) is 21.3 Å². The Hall–Kier alpha value is -2.54. The van der Waals surface area contributed by atoms with Crippen molar-refractivity contribution < 1.29 is 18.6 Å². The lowest BCUT2D eigenvalue weighted by Crippen LogP contribution is -2.34. The van der Waals surface area contributed by atoms with Crippen molar-refractivity contribution in [2.75, 3.05) is 33.2 Å². The number of rotatable bonds is 7. The summed E-state index contributed by atoms with van der Waals surface area (Å²) in [5, 5.41) is 3.67. The molecule has 7 heteroatoms. The number of methoxy groups -OCH3 is 3. The molecule has 0 bridgehead atoms. The Balaban J connectivity index is 2.18. The molecule has 26 heavy (non-hydrogen) atoms. The van der Waals surface area contributed by atoms with Crippen LogP contribution < -0.4 is 19.5 Å². The summed E-state index contributed by atoms with van der Waals surface area (Å²) in [6, 6.07) is 9.86. The highest BCUT2D eigenvalue weighted by atomic mass is 32.1. The molecule has 0 aromatic heterocycles. The van der Waals surface area contributed by atoms with Crippen molar-refractivity contribution >= 4 is 23.0 Å². The number of benzene rings is 2. The molecular weight excluding hydrogens is 355 g/mol. The fourth-order valence-corrected chi connectivity index (χ4v) is 2.82. The molecule has 0 heterocycles. The van der Waals surface area contributed by atoms with Crippen LogP contribution in [-0.4, -0.2) is 37.9 Å². The number of nitrogens with one attached hydrogen (secondary N) is 1. The molecule has 0 spiro atoms. The molecule has 2 aromatic rings. The summed E-state index contributed by atoms with van der Waals surface area (Å²) < 4.78 is 29.2. The number of anilines is 1. The van der Waals surface area contributed by atoms with Crippen LogP contribution in [0.15, 0.2) is 36.4 Å². The Labute approximate surface area is 158 Å². The second-order valence-electron chi connectivity index (χ2n) is 5.48. The van der Waals surface area contributed by atoms with Crippen LogP contribution in [0, 0.1) is 5.82 Å². The quantitative estimate of drug-likeness (QED) is 0.733. The number of hydrogen-bond donors (Lipinski definition) is 1. The first-order valence-corrected chi connectivity index (χ1v) is 8.53. The normalized spacial score (nSPS) is 10.2. The van der Waals surface area contributed by atoms with E-state index in [-0.39, 0.29) is 5.82 Å². The lowest BCUT2D eigenvalue weighted by Gasteiger charge is -2.25. The zero-order valence-electron chi connectivity index (χ0n) is 15.3. The number of nitrogens with zero attached hydrogens (tertiary/aromatic N) is 1. The predicted molar refractivity (Wildman–Crippen MR) is 105 cm³/mol. The van der Waals surface area contributed by atoms with E-state index >= 15 is 0 Å². The molecule has 0 saturated carbocycles. The predicted octanol–water partition coefficient (Wildman–Crippen LogP) is 4.07. The number of hydrogen-bond acceptors (Lipinski definition) is 4. The molecule has 5 nitrogen and oxygen atoms in total. The van der Waals surface area contributed by atoms with Crippen LogP contribution in [0.3, 0.4) is 0 Å². The van der Waals surface area contributed by atoms with Crippen molar-refractivity contribution in [1.29, 1.82) is 0 Å². The van der Waals surface area contributed by atoms with Gasteiger partial charge in [0.2, 0.25) is 5.75 Å². The molecule has 2 rings (SSSR count). The van der Waals surface area contributed by atoms with Crippen LogP contribution in [0.25, 0.3) is 0 Å². The summed E-state index contributed by atoms with van der Waals surface area (Å²) >= 11 is 5.49. The van der Waals surface area contributed by atoms with Gasteiger partial charge in [-0.2, -0.15) is 0 Å². The highest BCUT2D eigenvalue weighted by Crippen LogP contribution is 2.38. The van der Waals surface area contributed by atoms with Gasteiger partial charge >= 0.3 is 0 Å². The SMILES string of the molecule is CCN(Cc1cc(OC)c(OC)c(OC)c1)C(=S)Nc1ccc(F)cc1. The van der Waals surface area contributed by atoms with E-state index in [0.717, 1.165) is 11.3 Å². The zero-order valence-corrected chi connectivity index (χ0v) is 16.2. The Kier molecular flexibility index (Phi) is 7.03. The summed E-state index contributed by atoms with van der Waals surface area (Å²) in [5.41, 5.74) is 1.70. The maximum atomic E-state index is 13.0. The van der Waals surface area contributed by atoms with Crippen molar-refractivity contribution in [2.45, 2.75) is 13.5 Å². The molecule has 0 fully saturated rings. The first kappa shape index (κ1) is 19.8. The third kappa shape index (κ3) is 4.76. The van der Waals surface area contributed by atoms with Gasteiger partial charge in [0, 0.05) is 18.8 Å².